The first-order chi connectivity index (χ1) is 10.6. The quantitative estimate of drug-likeness (QED) is 0.568. The predicted octanol–water partition coefficient (Wildman–Crippen LogP) is 5.00. The SMILES string of the molecule is CC(Br)c1ccc2c(c1)C(C=O)C(c1ccccc1F)=CO2. The van der Waals surface area contributed by atoms with Crippen LogP contribution in [0.2, 0.25) is 0 Å². The van der Waals surface area contributed by atoms with E-state index in [0.717, 1.165) is 17.4 Å². The van der Waals surface area contributed by atoms with Crippen LogP contribution in [-0.4, -0.2) is 6.29 Å². The van der Waals surface area contributed by atoms with Crippen molar-refractivity contribution >= 4 is 27.8 Å². The second-order valence-corrected chi connectivity index (χ2v) is 6.57. The van der Waals surface area contributed by atoms with E-state index in [1.807, 2.05) is 25.1 Å². The average molecular weight is 361 g/mol. The zero-order valence-corrected chi connectivity index (χ0v) is 13.5. The Morgan fingerprint density at radius 3 is 2.73 bits per heavy atom. The summed E-state index contributed by atoms with van der Waals surface area (Å²) in [5.74, 6) is -0.265. The molecule has 1 aliphatic heterocycles. The Morgan fingerprint density at radius 1 is 1.27 bits per heavy atom. The van der Waals surface area contributed by atoms with Crippen LogP contribution in [0.5, 0.6) is 5.75 Å². The number of halogens is 2. The molecule has 2 atom stereocenters. The summed E-state index contributed by atoms with van der Waals surface area (Å²) in [6, 6.07) is 12.1. The molecule has 112 valence electrons. The second-order valence-electron chi connectivity index (χ2n) is 5.20. The van der Waals surface area contributed by atoms with Crippen molar-refractivity contribution in [1.29, 1.82) is 0 Å². The predicted molar refractivity (Wildman–Crippen MR) is 87.6 cm³/mol. The van der Waals surface area contributed by atoms with E-state index in [2.05, 4.69) is 15.9 Å². The fraction of sp³-hybridized carbons (Fsp3) is 0.167. The van der Waals surface area contributed by atoms with E-state index in [-0.39, 0.29) is 10.6 Å². The van der Waals surface area contributed by atoms with Crippen molar-refractivity contribution in [2.45, 2.75) is 17.7 Å². The number of fused-ring (bicyclic) bond motifs is 1. The highest BCUT2D eigenvalue weighted by molar-refractivity contribution is 9.09. The summed E-state index contributed by atoms with van der Waals surface area (Å²) in [5.41, 5.74) is 2.74. The molecule has 1 aliphatic rings. The summed E-state index contributed by atoms with van der Waals surface area (Å²) < 4.78 is 19.7. The van der Waals surface area contributed by atoms with E-state index < -0.39 is 5.92 Å². The lowest BCUT2D eigenvalue weighted by atomic mass is 9.85. The third-order valence-corrected chi connectivity index (χ3v) is 4.33. The van der Waals surface area contributed by atoms with Crippen molar-refractivity contribution in [1.82, 2.24) is 0 Å². The molecular formula is C18H14BrFO2. The zero-order chi connectivity index (χ0) is 15.7. The summed E-state index contributed by atoms with van der Waals surface area (Å²) in [6.45, 7) is 2.01. The maximum Gasteiger partial charge on any atom is 0.132 e. The van der Waals surface area contributed by atoms with Crippen molar-refractivity contribution < 1.29 is 13.9 Å². The van der Waals surface area contributed by atoms with Gasteiger partial charge in [-0.05, 0) is 30.7 Å². The van der Waals surface area contributed by atoms with Gasteiger partial charge in [-0.25, -0.2) is 4.39 Å². The molecule has 22 heavy (non-hydrogen) atoms. The molecule has 2 unspecified atom stereocenters. The topological polar surface area (TPSA) is 26.3 Å². The molecule has 0 bridgehead atoms. The molecule has 0 fully saturated rings. The molecule has 1 heterocycles. The third kappa shape index (κ3) is 2.59. The molecule has 4 heteroatoms. The third-order valence-electron chi connectivity index (χ3n) is 3.80. The van der Waals surface area contributed by atoms with Crippen LogP contribution in [0.4, 0.5) is 4.39 Å². The van der Waals surface area contributed by atoms with Gasteiger partial charge in [-0.15, -0.1) is 0 Å². The van der Waals surface area contributed by atoms with Crippen LogP contribution >= 0.6 is 15.9 Å². The van der Waals surface area contributed by atoms with Crippen molar-refractivity contribution in [2.75, 3.05) is 0 Å². The van der Waals surface area contributed by atoms with E-state index >= 15 is 0 Å². The van der Waals surface area contributed by atoms with Crippen LogP contribution in [0.1, 0.15) is 34.4 Å². The van der Waals surface area contributed by atoms with Gasteiger partial charge < -0.3 is 9.53 Å². The smallest absolute Gasteiger partial charge is 0.132 e. The van der Waals surface area contributed by atoms with Gasteiger partial charge in [0.1, 0.15) is 17.9 Å². The van der Waals surface area contributed by atoms with Crippen molar-refractivity contribution in [3.63, 3.8) is 0 Å². The largest absolute Gasteiger partial charge is 0.464 e. The Hall–Kier alpha value is -1.94. The van der Waals surface area contributed by atoms with E-state index in [0.29, 0.717) is 16.9 Å². The molecule has 0 radical (unpaired) electrons. The number of ether oxygens (including phenoxy) is 1. The van der Waals surface area contributed by atoms with Gasteiger partial charge in [0, 0.05) is 21.5 Å². The number of alkyl halides is 1. The van der Waals surface area contributed by atoms with Crippen LogP contribution in [0.25, 0.3) is 5.57 Å². The number of allylic oxidation sites excluding steroid dienone is 1. The minimum atomic E-state index is -0.535. The molecule has 0 aliphatic carbocycles. The number of hydrogen-bond donors (Lipinski definition) is 0. The fourth-order valence-electron chi connectivity index (χ4n) is 2.61. The second kappa shape index (κ2) is 6.05. The molecule has 2 nitrogen and oxygen atoms in total. The van der Waals surface area contributed by atoms with Gasteiger partial charge in [0.25, 0.3) is 0 Å². The van der Waals surface area contributed by atoms with E-state index in [9.17, 15) is 9.18 Å². The Bertz CT molecular complexity index is 753. The minimum absolute atomic E-state index is 0.160. The van der Waals surface area contributed by atoms with Crippen LogP contribution in [-0.2, 0) is 4.79 Å². The molecule has 0 saturated carbocycles. The first-order valence-electron chi connectivity index (χ1n) is 6.96. The highest BCUT2D eigenvalue weighted by Crippen LogP contribution is 2.42. The molecule has 2 aromatic carbocycles. The van der Waals surface area contributed by atoms with Gasteiger partial charge in [-0.1, -0.05) is 40.2 Å². The van der Waals surface area contributed by atoms with Gasteiger partial charge in [0.15, 0.2) is 0 Å². The maximum atomic E-state index is 14.0. The number of hydrogen-bond acceptors (Lipinski definition) is 2. The van der Waals surface area contributed by atoms with Crippen molar-refractivity contribution in [2.24, 2.45) is 0 Å². The molecule has 2 aromatic rings. The van der Waals surface area contributed by atoms with Gasteiger partial charge in [-0.3, -0.25) is 0 Å². The Morgan fingerprint density at radius 2 is 2.05 bits per heavy atom. The summed E-state index contributed by atoms with van der Waals surface area (Å²) in [5, 5.41) is 0. The van der Waals surface area contributed by atoms with Crippen LogP contribution in [0, 0.1) is 5.82 Å². The Kier molecular flexibility index (Phi) is 4.12. The molecule has 0 spiro atoms. The van der Waals surface area contributed by atoms with E-state index in [1.54, 1.807) is 18.2 Å². The average Bonchev–Trinajstić information content (AvgIpc) is 2.53. The highest BCUT2D eigenvalue weighted by Gasteiger charge is 2.27. The molecule has 0 aromatic heterocycles. The van der Waals surface area contributed by atoms with E-state index in [4.69, 9.17) is 4.74 Å². The summed E-state index contributed by atoms with van der Waals surface area (Å²) >= 11 is 3.52. The lowest BCUT2D eigenvalue weighted by Gasteiger charge is -2.24. The standard InChI is InChI=1S/C18H14BrFO2/c1-11(19)12-6-7-18-14(8-12)15(9-21)16(10-22-18)13-4-2-3-5-17(13)20/h2-11,15H,1H3. The van der Waals surface area contributed by atoms with Crippen LogP contribution in [0.15, 0.2) is 48.7 Å². The molecule has 0 N–H and O–H groups in total. The number of carbonyl (C=O) groups is 1. The summed E-state index contributed by atoms with van der Waals surface area (Å²) in [7, 11) is 0. The maximum absolute atomic E-state index is 14.0. The molecule has 0 amide bonds. The summed E-state index contributed by atoms with van der Waals surface area (Å²) in [6.07, 6.45) is 2.30. The number of benzene rings is 2. The molecule has 3 rings (SSSR count). The zero-order valence-electron chi connectivity index (χ0n) is 11.9. The first-order valence-corrected chi connectivity index (χ1v) is 7.88. The van der Waals surface area contributed by atoms with Gasteiger partial charge in [-0.2, -0.15) is 0 Å². The first kappa shape index (κ1) is 15.0. The van der Waals surface area contributed by atoms with Crippen molar-refractivity contribution in [3.8, 4) is 5.75 Å². The highest BCUT2D eigenvalue weighted by atomic mass is 79.9. The van der Waals surface area contributed by atoms with Gasteiger partial charge >= 0.3 is 0 Å². The van der Waals surface area contributed by atoms with Crippen molar-refractivity contribution in [3.05, 3.63) is 71.2 Å². The number of rotatable bonds is 3. The Labute approximate surface area is 136 Å². The lowest BCUT2D eigenvalue weighted by molar-refractivity contribution is -0.108. The lowest BCUT2D eigenvalue weighted by Crippen LogP contribution is -2.12. The number of aldehydes is 1. The van der Waals surface area contributed by atoms with Gasteiger partial charge in [0.2, 0.25) is 0 Å². The minimum Gasteiger partial charge on any atom is -0.464 e. The number of carbonyl (C=O) groups excluding carboxylic acids is 1. The van der Waals surface area contributed by atoms with Gasteiger partial charge in [0.05, 0.1) is 12.2 Å². The normalized spacial score (nSPS) is 18.0. The van der Waals surface area contributed by atoms with E-state index in [1.165, 1.54) is 12.3 Å². The Balaban J connectivity index is 2.10. The molecule has 0 saturated heterocycles. The van der Waals surface area contributed by atoms with Crippen LogP contribution in [0.3, 0.4) is 0 Å². The fourth-order valence-corrected chi connectivity index (χ4v) is 2.89. The summed E-state index contributed by atoms with van der Waals surface area (Å²) in [4.78, 5) is 11.8. The van der Waals surface area contributed by atoms with Crippen LogP contribution < -0.4 is 4.74 Å². The molecular weight excluding hydrogens is 347 g/mol. The monoisotopic (exact) mass is 360 g/mol.